The van der Waals surface area contributed by atoms with Gasteiger partial charge in [-0.15, -0.1) is 0 Å². The Kier molecular flexibility index (Phi) is 6.08. The van der Waals surface area contributed by atoms with Gasteiger partial charge in [0.25, 0.3) is 0 Å². The second-order valence-electron chi connectivity index (χ2n) is 5.46. The molecule has 1 aliphatic carbocycles. The van der Waals surface area contributed by atoms with Crippen LogP contribution >= 0.6 is 0 Å². The van der Waals surface area contributed by atoms with Crippen LogP contribution in [0.4, 0.5) is 0 Å². The lowest BCUT2D eigenvalue weighted by molar-refractivity contribution is -0.00592. The molecule has 18 heavy (non-hydrogen) atoms. The number of hydrogen-bond donors (Lipinski definition) is 2. The maximum atomic E-state index is 11.7. The average Bonchev–Trinajstić information content (AvgIpc) is 2.31. The Bertz CT molecular complexity index is 332. The van der Waals surface area contributed by atoms with Gasteiger partial charge in [-0.3, -0.25) is 0 Å². The van der Waals surface area contributed by atoms with Crippen molar-refractivity contribution in [2.24, 2.45) is 0 Å². The second-order valence-corrected chi connectivity index (χ2v) is 7.76. The summed E-state index contributed by atoms with van der Waals surface area (Å²) in [6, 6.07) is 0.488. The van der Waals surface area contributed by atoms with Crippen molar-refractivity contribution in [3.63, 3.8) is 0 Å². The molecule has 1 saturated carbocycles. The molecular formula is C13H27NO3S. The number of hydrogen-bond acceptors (Lipinski definition) is 4. The van der Waals surface area contributed by atoms with E-state index >= 15 is 0 Å². The summed E-state index contributed by atoms with van der Waals surface area (Å²) in [5, 5.41) is 13.8. The SMILES string of the molecule is CCCS(=O)(=O)CCC1(O)CCC(NCC)CC1. The molecule has 0 aromatic heterocycles. The lowest BCUT2D eigenvalue weighted by atomic mass is 9.80. The topological polar surface area (TPSA) is 66.4 Å². The van der Waals surface area contributed by atoms with Crippen LogP contribution in [-0.2, 0) is 9.84 Å². The highest BCUT2D eigenvalue weighted by molar-refractivity contribution is 7.91. The molecule has 0 aromatic rings. The van der Waals surface area contributed by atoms with Crippen LogP contribution in [0.15, 0.2) is 0 Å². The fraction of sp³-hybridized carbons (Fsp3) is 1.00. The lowest BCUT2D eigenvalue weighted by Crippen LogP contribution is -2.42. The van der Waals surface area contributed by atoms with Gasteiger partial charge in [-0.1, -0.05) is 13.8 Å². The first-order valence-electron chi connectivity index (χ1n) is 7.07. The molecule has 4 nitrogen and oxygen atoms in total. The van der Waals surface area contributed by atoms with Gasteiger partial charge in [-0.2, -0.15) is 0 Å². The molecule has 1 rings (SSSR count). The molecule has 0 aliphatic heterocycles. The van der Waals surface area contributed by atoms with Crippen molar-refractivity contribution in [2.45, 2.75) is 64.0 Å². The average molecular weight is 277 g/mol. The third-order valence-electron chi connectivity index (χ3n) is 3.80. The minimum absolute atomic E-state index is 0.128. The van der Waals surface area contributed by atoms with Crippen molar-refractivity contribution in [1.82, 2.24) is 5.32 Å². The Morgan fingerprint density at radius 3 is 2.33 bits per heavy atom. The van der Waals surface area contributed by atoms with Crippen LogP contribution in [-0.4, -0.2) is 43.2 Å². The lowest BCUT2D eigenvalue weighted by Gasteiger charge is -2.36. The largest absolute Gasteiger partial charge is 0.390 e. The van der Waals surface area contributed by atoms with Gasteiger partial charge < -0.3 is 10.4 Å². The molecule has 0 heterocycles. The van der Waals surface area contributed by atoms with Gasteiger partial charge in [-0.05, 0) is 45.1 Å². The Morgan fingerprint density at radius 2 is 1.83 bits per heavy atom. The van der Waals surface area contributed by atoms with Gasteiger partial charge in [-0.25, -0.2) is 8.42 Å². The molecule has 108 valence electrons. The summed E-state index contributed by atoms with van der Waals surface area (Å²) in [6.07, 6.45) is 4.37. The van der Waals surface area contributed by atoms with Crippen molar-refractivity contribution >= 4 is 9.84 Å². The van der Waals surface area contributed by atoms with Crippen molar-refractivity contribution in [3.05, 3.63) is 0 Å². The highest BCUT2D eigenvalue weighted by Crippen LogP contribution is 2.31. The summed E-state index contributed by atoms with van der Waals surface area (Å²) in [5.74, 6) is 0.367. The number of nitrogens with one attached hydrogen (secondary N) is 1. The van der Waals surface area contributed by atoms with E-state index in [4.69, 9.17) is 0 Å². The van der Waals surface area contributed by atoms with Crippen molar-refractivity contribution in [2.75, 3.05) is 18.1 Å². The van der Waals surface area contributed by atoms with Crippen LogP contribution in [0.1, 0.15) is 52.4 Å². The predicted octanol–water partition coefficient (Wildman–Crippen LogP) is 1.48. The smallest absolute Gasteiger partial charge is 0.150 e. The highest BCUT2D eigenvalue weighted by Gasteiger charge is 2.33. The highest BCUT2D eigenvalue weighted by atomic mass is 32.2. The molecule has 0 amide bonds. The zero-order valence-corrected chi connectivity index (χ0v) is 12.4. The fourth-order valence-corrected chi connectivity index (χ4v) is 4.17. The van der Waals surface area contributed by atoms with Gasteiger partial charge in [0, 0.05) is 11.8 Å². The molecule has 2 N–H and O–H groups in total. The third-order valence-corrected chi connectivity index (χ3v) is 5.66. The summed E-state index contributed by atoms with van der Waals surface area (Å²) in [4.78, 5) is 0. The minimum atomic E-state index is -2.97. The molecule has 1 aliphatic rings. The maximum Gasteiger partial charge on any atom is 0.150 e. The van der Waals surface area contributed by atoms with E-state index < -0.39 is 15.4 Å². The van der Waals surface area contributed by atoms with Crippen LogP contribution in [0.25, 0.3) is 0 Å². The molecular weight excluding hydrogens is 250 g/mol. The van der Waals surface area contributed by atoms with E-state index in [1.165, 1.54) is 0 Å². The predicted molar refractivity (Wildman–Crippen MR) is 74.4 cm³/mol. The molecule has 0 saturated heterocycles. The molecule has 0 radical (unpaired) electrons. The van der Waals surface area contributed by atoms with E-state index in [0.29, 0.717) is 31.7 Å². The van der Waals surface area contributed by atoms with Crippen molar-refractivity contribution in [3.8, 4) is 0 Å². The van der Waals surface area contributed by atoms with E-state index in [9.17, 15) is 13.5 Å². The molecule has 1 fully saturated rings. The first kappa shape index (κ1) is 15.9. The summed E-state index contributed by atoms with van der Waals surface area (Å²) in [7, 11) is -2.97. The molecule has 0 unspecified atom stereocenters. The van der Waals surface area contributed by atoms with Crippen LogP contribution in [0.5, 0.6) is 0 Å². The first-order valence-corrected chi connectivity index (χ1v) is 8.89. The number of sulfone groups is 1. The van der Waals surface area contributed by atoms with Gasteiger partial charge in [0.15, 0.2) is 0 Å². The van der Waals surface area contributed by atoms with E-state index in [-0.39, 0.29) is 11.5 Å². The standard InChI is InChI=1S/C13H27NO3S/c1-3-10-18(16,17)11-9-13(15)7-5-12(6-8-13)14-4-2/h12,14-15H,3-11H2,1-2H3. The van der Waals surface area contributed by atoms with Crippen LogP contribution in [0.3, 0.4) is 0 Å². The van der Waals surface area contributed by atoms with Gasteiger partial charge in [0.05, 0.1) is 11.4 Å². The van der Waals surface area contributed by atoms with E-state index in [0.717, 1.165) is 19.4 Å². The van der Waals surface area contributed by atoms with Gasteiger partial charge >= 0.3 is 0 Å². The monoisotopic (exact) mass is 277 g/mol. The van der Waals surface area contributed by atoms with Crippen molar-refractivity contribution in [1.29, 1.82) is 0 Å². The number of rotatable bonds is 7. The van der Waals surface area contributed by atoms with Crippen LogP contribution in [0.2, 0.25) is 0 Å². The quantitative estimate of drug-likeness (QED) is 0.740. The Hall–Kier alpha value is -0.130. The first-order chi connectivity index (χ1) is 8.41. The van der Waals surface area contributed by atoms with E-state index in [1.54, 1.807) is 0 Å². The summed E-state index contributed by atoms with van der Waals surface area (Å²) in [5.41, 5.74) is -0.757. The Balaban J connectivity index is 2.39. The van der Waals surface area contributed by atoms with E-state index in [1.807, 2.05) is 6.92 Å². The van der Waals surface area contributed by atoms with Gasteiger partial charge in [0.1, 0.15) is 9.84 Å². The third kappa shape index (κ3) is 5.24. The van der Waals surface area contributed by atoms with Crippen LogP contribution < -0.4 is 5.32 Å². The Morgan fingerprint density at radius 1 is 1.22 bits per heavy atom. The zero-order valence-electron chi connectivity index (χ0n) is 11.6. The summed E-state index contributed by atoms with van der Waals surface area (Å²) < 4.78 is 23.3. The zero-order chi connectivity index (χ0) is 13.6. The van der Waals surface area contributed by atoms with Crippen LogP contribution in [0, 0.1) is 0 Å². The van der Waals surface area contributed by atoms with Gasteiger partial charge in [0.2, 0.25) is 0 Å². The molecule has 0 aromatic carbocycles. The molecule has 0 bridgehead atoms. The molecule has 0 atom stereocenters. The van der Waals surface area contributed by atoms with E-state index in [2.05, 4.69) is 12.2 Å². The normalized spacial score (nSPS) is 29.4. The Labute approximate surface area is 111 Å². The summed E-state index contributed by atoms with van der Waals surface area (Å²) >= 11 is 0. The summed E-state index contributed by atoms with van der Waals surface area (Å²) in [6.45, 7) is 4.90. The number of aliphatic hydroxyl groups is 1. The second kappa shape index (κ2) is 6.87. The molecule has 0 spiro atoms. The molecule has 5 heteroatoms. The fourth-order valence-electron chi connectivity index (χ4n) is 2.66. The maximum absolute atomic E-state index is 11.7. The van der Waals surface area contributed by atoms with Crippen molar-refractivity contribution < 1.29 is 13.5 Å². The minimum Gasteiger partial charge on any atom is -0.390 e.